The third-order valence-corrected chi connectivity index (χ3v) is 6.31. The number of amides is 1. The van der Waals surface area contributed by atoms with Gasteiger partial charge in [-0.3, -0.25) is 9.69 Å². The van der Waals surface area contributed by atoms with Gasteiger partial charge in [0.15, 0.2) is 0 Å². The SMILES string of the molecule is CC1CN(Cc2ccccc2)CC(C)C1N(C)C(=O)c1csc(CCN)n1.Cl.Cl. The van der Waals surface area contributed by atoms with Crippen molar-refractivity contribution in [3.63, 3.8) is 0 Å². The van der Waals surface area contributed by atoms with Crippen LogP contribution in [0, 0.1) is 11.8 Å². The minimum absolute atomic E-state index is 0. The standard InChI is InChI=1S/C21H30N4OS.2ClH/c1-15-11-25(13-17-7-5-4-6-8-17)12-16(2)20(15)24(3)21(26)18-14-27-19(23-18)9-10-22;;/h4-8,14-16,20H,9-13,22H2,1-3H3;2*1H. The lowest BCUT2D eigenvalue weighted by molar-refractivity contribution is 0.0267. The van der Waals surface area contributed by atoms with E-state index in [9.17, 15) is 4.79 Å². The van der Waals surface area contributed by atoms with Crippen LogP contribution in [0.25, 0.3) is 0 Å². The van der Waals surface area contributed by atoms with E-state index in [1.165, 1.54) is 16.9 Å². The lowest BCUT2D eigenvalue weighted by Crippen LogP contribution is -2.55. The molecule has 8 heteroatoms. The molecule has 0 spiro atoms. The van der Waals surface area contributed by atoms with Crippen LogP contribution in [0.3, 0.4) is 0 Å². The molecule has 29 heavy (non-hydrogen) atoms. The van der Waals surface area contributed by atoms with Gasteiger partial charge < -0.3 is 10.6 Å². The van der Waals surface area contributed by atoms with Crippen molar-refractivity contribution in [3.8, 4) is 0 Å². The Morgan fingerprint density at radius 2 is 1.83 bits per heavy atom. The molecule has 1 saturated heterocycles. The van der Waals surface area contributed by atoms with Crippen LogP contribution in [0.4, 0.5) is 0 Å². The molecule has 2 unspecified atom stereocenters. The lowest BCUT2D eigenvalue weighted by Gasteiger charge is -2.45. The minimum Gasteiger partial charge on any atom is -0.337 e. The van der Waals surface area contributed by atoms with Crippen molar-refractivity contribution in [1.29, 1.82) is 0 Å². The Labute approximate surface area is 190 Å². The van der Waals surface area contributed by atoms with E-state index in [0.717, 1.165) is 31.1 Å². The van der Waals surface area contributed by atoms with E-state index < -0.39 is 0 Å². The molecule has 2 N–H and O–H groups in total. The van der Waals surface area contributed by atoms with Gasteiger partial charge in [-0.1, -0.05) is 44.2 Å². The predicted octanol–water partition coefficient (Wildman–Crippen LogP) is 3.72. The van der Waals surface area contributed by atoms with Gasteiger partial charge in [-0.15, -0.1) is 36.2 Å². The monoisotopic (exact) mass is 458 g/mol. The molecule has 2 atom stereocenters. The topological polar surface area (TPSA) is 62.5 Å². The number of nitrogens with two attached hydrogens (primary N) is 1. The number of rotatable bonds is 6. The highest BCUT2D eigenvalue weighted by Crippen LogP contribution is 2.28. The molecule has 3 rings (SSSR count). The number of thiazole rings is 1. The predicted molar refractivity (Wildman–Crippen MR) is 125 cm³/mol. The van der Waals surface area contributed by atoms with Crippen LogP contribution in [-0.4, -0.2) is 53.4 Å². The average Bonchev–Trinajstić information content (AvgIpc) is 3.10. The Morgan fingerprint density at radius 3 is 2.41 bits per heavy atom. The summed E-state index contributed by atoms with van der Waals surface area (Å²) in [6.07, 6.45) is 0.729. The molecule has 1 aliphatic rings. The van der Waals surface area contributed by atoms with Crippen molar-refractivity contribution in [2.24, 2.45) is 17.6 Å². The van der Waals surface area contributed by atoms with Crippen LogP contribution in [0.1, 0.15) is 34.9 Å². The third-order valence-electron chi connectivity index (χ3n) is 5.40. The number of benzene rings is 1. The van der Waals surface area contributed by atoms with E-state index in [2.05, 4.69) is 54.1 Å². The number of halogens is 2. The largest absolute Gasteiger partial charge is 0.337 e. The fraction of sp³-hybridized carbons (Fsp3) is 0.524. The van der Waals surface area contributed by atoms with E-state index in [1.54, 1.807) is 0 Å². The maximum atomic E-state index is 13.0. The number of piperidine rings is 1. The number of hydrogen-bond acceptors (Lipinski definition) is 5. The van der Waals surface area contributed by atoms with Crippen molar-refractivity contribution < 1.29 is 4.79 Å². The van der Waals surface area contributed by atoms with E-state index in [-0.39, 0.29) is 36.8 Å². The van der Waals surface area contributed by atoms with Gasteiger partial charge >= 0.3 is 0 Å². The van der Waals surface area contributed by atoms with Gasteiger partial charge in [0.25, 0.3) is 5.91 Å². The molecule has 5 nitrogen and oxygen atoms in total. The minimum atomic E-state index is 0. The Bertz CT molecular complexity index is 746. The van der Waals surface area contributed by atoms with Gasteiger partial charge in [0.1, 0.15) is 5.69 Å². The van der Waals surface area contributed by atoms with Crippen LogP contribution in [0.15, 0.2) is 35.7 Å². The fourth-order valence-corrected chi connectivity index (χ4v) is 5.15. The van der Waals surface area contributed by atoms with Crippen LogP contribution in [-0.2, 0) is 13.0 Å². The molecule has 0 bridgehead atoms. The first-order chi connectivity index (χ1) is 13.0. The molecular weight excluding hydrogens is 427 g/mol. The highest BCUT2D eigenvalue weighted by atomic mass is 35.5. The Morgan fingerprint density at radius 1 is 1.21 bits per heavy atom. The molecule has 2 heterocycles. The van der Waals surface area contributed by atoms with Crippen LogP contribution in [0.2, 0.25) is 0 Å². The van der Waals surface area contributed by atoms with Gasteiger partial charge in [-0.25, -0.2) is 4.98 Å². The molecule has 1 amide bonds. The highest BCUT2D eigenvalue weighted by Gasteiger charge is 2.37. The van der Waals surface area contributed by atoms with Crippen molar-refractivity contribution in [2.45, 2.75) is 32.9 Å². The van der Waals surface area contributed by atoms with Crippen molar-refractivity contribution in [1.82, 2.24) is 14.8 Å². The van der Waals surface area contributed by atoms with Crippen LogP contribution in [0.5, 0.6) is 0 Å². The van der Waals surface area contributed by atoms with E-state index in [1.807, 2.05) is 17.3 Å². The first-order valence-corrected chi connectivity index (χ1v) is 10.6. The summed E-state index contributed by atoms with van der Waals surface area (Å²) in [5.74, 6) is 0.844. The van der Waals surface area contributed by atoms with Gasteiger partial charge in [-0.05, 0) is 23.9 Å². The molecule has 0 aliphatic carbocycles. The quantitative estimate of drug-likeness (QED) is 0.716. The molecule has 2 aromatic rings. The second-order valence-electron chi connectivity index (χ2n) is 7.71. The maximum absolute atomic E-state index is 13.0. The van der Waals surface area contributed by atoms with E-state index in [4.69, 9.17) is 5.73 Å². The zero-order valence-electron chi connectivity index (χ0n) is 17.3. The van der Waals surface area contributed by atoms with Crippen molar-refractivity contribution in [3.05, 3.63) is 52.0 Å². The summed E-state index contributed by atoms with van der Waals surface area (Å²) < 4.78 is 0. The molecule has 1 fully saturated rings. The Hall–Kier alpha value is -1.18. The number of hydrogen-bond donors (Lipinski definition) is 1. The summed E-state index contributed by atoms with van der Waals surface area (Å²) in [5.41, 5.74) is 7.49. The second-order valence-corrected chi connectivity index (χ2v) is 8.65. The summed E-state index contributed by atoms with van der Waals surface area (Å²) in [7, 11) is 1.93. The fourth-order valence-electron chi connectivity index (χ4n) is 4.36. The summed E-state index contributed by atoms with van der Waals surface area (Å²) in [6.45, 7) is 8.03. The average molecular weight is 459 g/mol. The van der Waals surface area contributed by atoms with Gasteiger partial charge in [0.05, 0.1) is 5.01 Å². The molecule has 0 radical (unpaired) electrons. The number of carbonyl (C=O) groups excluding carboxylic acids is 1. The maximum Gasteiger partial charge on any atom is 0.273 e. The molecular formula is C21H32Cl2N4OS. The Balaban J connectivity index is 0.00000210. The van der Waals surface area contributed by atoms with E-state index in [0.29, 0.717) is 24.1 Å². The summed E-state index contributed by atoms with van der Waals surface area (Å²) in [6, 6.07) is 10.8. The zero-order valence-corrected chi connectivity index (χ0v) is 19.7. The summed E-state index contributed by atoms with van der Waals surface area (Å²) >= 11 is 1.52. The van der Waals surface area contributed by atoms with Gasteiger partial charge in [0.2, 0.25) is 0 Å². The summed E-state index contributed by atoms with van der Waals surface area (Å²) in [4.78, 5) is 21.8. The molecule has 1 aliphatic heterocycles. The molecule has 1 aromatic carbocycles. The second kappa shape index (κ2) is 11.9. The third kappa shape index (κ3) is 6.40. The lowest BCUT2D eigenvalue weighted by atomic mass is 9.84. The smallest absolute Gasteiger partial charge is 0.273 e. The summed E-state index contributed by atoms with van der Waals surface area (Å²) in [5, 5.41) is 2.80. The van der Waals surface area contributed by atoms with Gasteiger partial charge in [0, 0.05) is 44.5 Å². The van der Waals surface area contributed by atoms with Crippen molar-refractivity contribution >= 4 is 42.1 Å². The van der Waals surface area contributed by atoms with Crippen LogP contribution >= 0.6 is 36.2 Å². The highest BCUT2D eigenvalue weighted by molar-refractivity contribution is 7.09. The van der Waals surface area contributed by atoms with E-state index >= 15 is 0 Å². The first-order valence-electron chi connectivity index (χ1n) is 9.67. The molecule has 162 valence electrons. The molecule has 1 aromatic heterocycles. The zero-order chi connectivity index (χ0) is 19.4. The number of nitrogens with zero attached hydrogens (tertiary/aromatic N) is 3. The van der Waals surface area contributed by atoms with Gasteiger partial charge in [-0.2, -0.15) is 0 Å². The number of aromatic nitrogens is 1. The normalized spacial score (nSPS) is 21.7. The van der Waals surface area contributed by atoms with Crippen molar-refractivity contribution in [2.75, 3.05) is 26.7 Å². The number of carbonyl (C=O) groups is 1. The molecule has 0 saturated carbocycles. The first kappa shape index (κ1) is 25.9. The Kier molecular flexibility index (Phi) is 10.6. The van der Waals surface area contributed by atoms with Crippen LogP contribution < -0.4 is 5.73 Å². The number of likely N-dealkylation sites (tertiary alicyclic amines) is 1.